The van der Waals surface area contributed by atoms with Gasteiger partial charge in [-0.25, -0.2) is 0 Å². The summed E-state index contributed by atoms with van der Waals surface area (Å²) in [5.41, 5.74) is 2.45. The molecule has 3 heterocycles. The van der Waals surface area contributed by atoms with Gasteiger partial charge in [0.25, 0.3) is 5.91 Å². The number of piperidine rings is 1. The number of aryl methyl sites for hydroxylation is 2. The molecule has 0 unspecified atom stereocenters. The average Bonchev–Trinajstić information content (AvgIpc) is 3.29. The van der Waals surface area contributed by atoms with Crippen LogP contribution in [0.5, 0.6) is 0 Å². The Kier molecular flexibility index (Phi) is 4.28. The molecule has 0 bridgehead atoms. The monoisotopic (exact) mass is 350 g/mol. The highest BCUT2D eigenvalue weighted by molar-refractivity contribution is 5.92. The average molecular weight is 350 g/mol. The quantitative estimate of drug-likeness (QED) is 0.728. The molecule has 1 aromatic carbocycles. The molecule has 0 aliphatic carbocycles. The zero-order valence-electron chi connectivity index (χ0n) is 15.0. The van der Waals surface area contributed by atoms with Crippen LogP contribution in [0.2, 0.25) is 0 Å². The molecule has 0 N–H and O–H groups in total. The van der Waals surface area contributed by atoms with Gasteiger partial charge in [-0.15, -0.1) is 10.2 Å². The molecule has 1 aliphatic heterocycles. The summed E-state index contributed by atoms with van der Waals surface area (Å²) in [6.45, 7) is 2.66. The lowest BCUT2D eigenvalue weighted by Crippen LogP contribution is -2.39. The maximum atomic E-state index is 13.1. The van der Waals surface area contributed by atoms with Crippen LogP contribution in [0, 0.1) is 6.92 Å². The van der Waals surface area contributed by atoms with Crippen LogP contribution in [0.4, 0.5) is 0 Å². The van der Waals surface area contributed by atoms with Crippen LogP contribution in [0.3, 0.4) is 0 Å². The number of rotatable bonds is 3. The van der Waals surface area contributed by atoms with Gasteiger partial charge < -0.3 is 4.90 Å². The predicted octanol–water partition coefficient (Wildman–Crippen LogP) is 2.68. The Morgan fingerprint density at radius 1 is 1.19 bits per heavy atom. The maximum Gasteiger partial charge on any atom is 0.274 e. The largest absolute Gasteiger partial charge is 0.327 e. The third-order valence-corrected chi connectivity index (χ3v) is 5.00. The molecule has 7 nitrogen and oxygen atoms in total. The van der Waals surface area contributed by atoms with Crippen molar-refractivity contribution < 1.29 is 4.79 Å². The summed E-state index contributed by atoms with van der Waals surface area (Å²) in [6.07, 6.45) is 4.65. The minimum absolute atomic E-state index is 0.0407. The standard InChI is InChI=1S/C19H22N6O/c1-14-12-16(22-23(14)2)19(26)24-11-7-6-10-17(24)18-21-20-13-25(18)15-8-4-3-5-9-15/h3-5,8-9,12-13,17H,6-7,10-11H2,1-2H3/t17-/m0/s1. The van der Waals surface area contributed by atoms with Crippen LogP contribution in [0.15, 0.2) is 42.7 Å². The van der Waals surface area contributed by atoms with Crippen LogP contribution in [-0.2, 0) is 7.05 Å². The number of carbonyl (C=O) groups excluding carboxylic acids is 1. The van der Waals surface area contributed by atoms with Gasteiger partial charge in [0.05, 0.1) is 6.04 Å². The van der Waals surface area contributed by atoms with Gasteiger partial charge in [-0.3, -0.25) is 14.0 Å². The number of benzene rings is 1. The second-order valence-electron chi connectivity index (χ2n) is 6.70. The minimum atomic E-state index is -0.0960. The van der Waals surface area contributed by atoms with E-state index in [-0.39, 0.29) is 11.9 Å². The number of para-hydroxylation sites is 1. The van der Waals surface area contributed by atoms with Crippen molar-refractivity contribution in [2.75, 3.05) is 6.54 Å². The Morgan fingerprint density at radius 3 is 2.73 bits per heavy atom. The maximum absolute atomic E-state index is 13.1. The van der Waals surface area contributed by atoms with Crippen molar-refractivity contribution in [1.29, 1.82) is 0 Å². The summed E-state index contributed by atoms with van der Waals surface area (Å²) in [5.74, 6) is 0.762. The summed E-state index contributed by atoms with van der Waals surface area (Å²) in [4.78, 5) is 15.0. The number of hydrogen-bond donors (Lipinski definition) is 0. The molecule has 0 spiro atoms. The third kappa shape index (κ3) is 2.89. The molecule has 1 amide bonds. The van der Waals surface area contributed by atoms with E-state index < -0.39 is 0 Å². The predicted molar refractivity (Wildman–Crippen MR) is 96.9 cm³/mol. The smallest absolute Gasteiger partial charge is 0.274 e. The van der Waals surface area contributed by atoms with E-state index in [1.807, 2.05) is 59.8 Å². The van der Waals surface area contributed by atoms with Crippen molar-refractivity contribution in [2.45, 2.75) is 32.2 Å². The van der Waals surface area contributed by atoms with Crippen LogP contribution < -0.4 is 0 Å². The number of amides is 1. The molecule has 134 valence electrons. The van der Waals surface area contributed by atoms with E-state index in [1.165, 1.54) is 0 Å². The van der Waals surface area contributed by atoms with Gasteiger partial charge >= 0.3 is 0 Å². The fourth-order valence-corrected chi connectivity index (χ4v) is 3.51. The van der Waals surface area contributed by atoms with Crippen molar-refractivity contribution in [1.82, 2.24) is 29.4 Å². The molecular weight excluding hydrogens is 328 g/mol. The first-order valence-corrected chi connectivity index (χ1v) is 8.92. The molecule has 7 heteroatoms. The van der Waals surface area contributed by atoms with E-state index in [2.05, 4.69) is 15.3 Å². The first kappa shape index (κ1) is 16.5. The number of nitrogens with zero attached hydrogens (tertiary/aromatic N) is 6. The summed E-state index contributed by atoms with van der Waals surface area (Å²) in [6, 6.07) is 11.7. The fraction of sp³-hybridized carbons (Fsp3) is 0.368. The Bertz CT molecular complexity index is 894. The van der Waals surface area contributed by atoms with E-state index in [1.54, 1.807) is 11.0 Å². The van der Waals surface area contributed by atoms with Gasteiger partial charge in [0.2, 0.25) is 0 Å². The SMILES string of the molecule is Cc1cc(C(=O)N2CCCC[C@H]2c2nncn2-c2ccccc2)nn1C. The van der Waals surface area contributed by atoms with Crippen LogP contribution >= 0.6 is 0 Å². The Balaban J connectivity index is 1.69. The van der Waals surface area contributed by atoms with E-state index in [0.717, 1.165) is 36.5 Å². The molecule has 1 atom stereocenters. The van der Waals surface area contributed by atoms with Crippen molar-refractivity contribution in [2.24, 2.45) is 7.05 Å². The Labute approximate surface area is 152 Å². The van der Waals surface area contributed by atoms with E-state index in [9.17, 15) is 4.79 Å². The Hall–Kier alpha value is -2.96. The molecule has 0 saturated carbocycles. The molecule has 2 aromatic heterocycles. The second-order valence-corrected chi connectivity index (χ2v) is 6.70. The lowest BCUT2D eigenvalue weighted by Gasteiger charge is -2.34. The van der Waals surface area contributed by atoms with Crippen molar-refractivity contribution in [3.05, 3.63) is 59.9 Å². The summed E-state index contributed by atoms with van der Waals surface area (Å²) in [7, 11) is 1.85. The van der Waals surface area contributed by atoms with Gasteiger partial charge in [0.1, 0.15) is 6.33 Å². The third-order valence-electron chi connectivity index (χ3n) is 5.00. The number of likely N-dealkylation sites (tertiary alicyclic amines) is 1. The molecule has 1 fully saturated rings. The summed E-state index contributed by atoms with van der Waals surface area (Å²) in [5, 5.41) is 12.8. The van der Waals surface area contributed by atoms with Crippen LogP contribution in [0.1, 0.15) is 47.3 Å². The van der Waals surface area contributed by atoms with E-state index in [0.29, 0.717) is 12.2 Å². The van der Waals surface area contributed by atoms with Gasteiger partial charge in [0.15, 0.2) is 11.5 Å². The minimum Gasteiger partial charge on any atom is -0.327 e. The molecule has 0 radical (unpaired) electrons. The van der Waals surface area contributed by atoms with Gasteiger partial charge in [-0.05, 0) is 44.4 Å². The second kappa shape index (κ2) is 6.74. The number of hydrogen-bond acceptors (Lipinski definition) is 4. The highest BCUT2D eigenvalue weighted by atomic mass is 16.2. The summed E-state index contributed by atoms with van der Waals surface area (Å²) < 4.78 is 3.71. The first-order valence-electron chi connectivity index (χ1n) is 8.92. The zero-order valence-corrected chi connectivity index (χ0v) is 15.0. The van der Waals surface area contributed by atoms with Crippen molar-refractivity contribution in [3.63, 3.8) is 0 Å². The molecule has 1 saturated heterocycles. The lowest BCUT2D eigenvalue weighted by molar-refractivity contribution is 0.0590. The number of carbonyl (C=O) groups is 1. The van der Waals surface area contributed by atoms with Crippen molar-refractivity contribution >= 4 is 5.91 Å². The highest BCUT2D eigenvalue weighted by Gasteiger charge is 2.33. The van der Waals surface area contributed by atoms with Crippen molar-refractivity contribution in [3.8, 4) is 5.69 Å². The van der Waals surface area contributed by atoms with E-state index in [4.69, 9.17) is 0 Å². The number of aromatic nitrogens is 5. The normalized spacial score (nSPS) is 17.5. The van der Waals surface area contributed by atoms with Crippen LogP contribution in [0.25, 0.3) is 5.69 Å². The highest BCUT2D eigenvalue weighted by Crippen LogP contribution is 2.32. The Morgan fingerprint density at radius 2 is 2.00 bits per heavy atom. The molecule has 3 aromatic rings. The van der Waals surface area contributed by atoms with E-state index >= 15 is 0 Å². The molecule has 1 aliphatic rings. The molecule has 4 rings (SSSR count). The van der Waals surface area contributed by atoms with Gasteiger partial charge in [0, 0.05) is 25.0 Å². The first-order chi connectivity index (χ1) is 12.6. The zero-order chi connectivity index (χ0) is 18.1. The lowest BCUT2D eigenvalue weighted by atomic mass is 10.0. The fourth-order valence-electron chi connectivity index (χ4n) is 3.51. The van der Waals surface area contributed by atoms with Crippen LogP contribution in [-0.4, -0.2) is 41.9 Å². The van der Waals surface area contributed by atoms with Gasteiger partial charge in [-0.2, -0.15) is 5.10 Å². The molecule has 26 heavy (non-hydrogen) atoms. The van der Waals surface area contributed by atoms with Gasteiger partial charge in [-0.1, -0.05) is 18.2 Å². The topological polar surface area (TPSA) is 68.8 Å². The summed E-state index contributed by atoms with van der Waals surface area (Å²) >= 11 is 0. The molecular formula is C19H22N6O.